The Labute approximate surface area is 178 Å². The van der Waals surface area contributed by atoms with Crippen LogP contribution in [0.4, 0.5) is 18.9 Å². The normalized spacial score (nSPS) is 19.6. The van der Waals surface area contributed by atoms with E-state index in [-0.39, 0.29) is 11.4 Å². The number of nitrogens with zero attached hydrogens (tertiary/aromatic N) is 4. The van der Waals surface area contributed by atoms with Crippen LogP contribution >= 0.6 is 0 Å². The molecule has 1 aromatic carbocycles. The molecule has 2 aliphatic rings. The van der Waals surface area contributed by atoms with Crippen LogP contribution in [0.1, 0.15) is 19.3 Å². The second kappa shape index (κ2) is 8.27. The molecule has 0 amide bonds. The van der Waals surface area contributed by atoms with Crippen LogP contribution in [0.5, 0.6) is 6.01 Å². The number of piperidine rings is 1. The average molecular weight is 456 g/mol. The van der Waals surface area contributed by atoms with Crippen molar-refractivity contribution in [2.75, 3.05) is 37.7 Å². The van der Waals surface area contributed by atoms with Crippen molar-refractivity contribution >= 4 is 15.7 Å². The van der Waals surface area contributed by atoms with Gasteiger partial charge in [-0.2, -0.15) is 17.5 Å². The van der Waals surface area contributed by atoms with Gasteiger partial charge in [0.1, 0.15) is 0 Å². The van der Waals surface area contributed by atoms with Gasteiger partial charge in [-0.05, 0) is 36.8 Å². The van der Waals surface area contributed by atoms with E-state index in [4.69, 9.17) is 0 Å². The van der Waals surface area contributed by atoms with Gasteiger partial charge in [-0.3, -0.25) is 0 Å². The van der Waals surface area contributed by atoms with Gasteiger partial charge in [-0.15, -0.1) is 0 Å². The van der Waals surface area contributed by atoms with E-state index >= 15 is 0 Å². The Morgan fingerprint density at radius 2 is 1.61 bits per heavy atom. The van der Waals surface area contributed by atoms with Crippen molar-refractivity contribution in [2.45, 2.75) is 30.3 Å². The third-order valence-corrected chi connectivity index (χ3v) is 7.86. The molecule has 4 rings (SSSR count). The first-order chi connectivity index (χ1) is 14.7. The number of ether oxygens (including phenoxy) is 1. The van der Waals surface area contributed by atoms with Crippen LogP contribution in [0.3, 0.4) is 0 Å². The zero-order valence-corrected chi connectivity index (χ0v) is 17.6. The predicted octanol–water partition coefficient (Wildman–Crippen LogP) is 3.10. The maximum Gasteiger partial charge on any atom is 0.422 e. The van der Waals surface area contributed by atoms with Gasteiger partial charge in [0.15, 0.2) is 6.61 Å². The maximum absolute atomic E-state index is 12.8. The number of benzene rings is 1. The highest BCUT2D eigenvalue weighted by Gasteiger charge is 2.43. The largest absolute Gasteiger partial charge is 0.454 e. The van der Waals surface area contributed by atoms with Gasteiger partial charge in [-0.1, -0.05) is 18.2 Å². The standard InChI is InChI=1S/C20H23F3N4O3S/c21-20(22,23)15-30-18-24-12-16(13-25-18)26-9-6-19(14-26)7-10-27(11-8-19)31(28,29)17-4-2-1-3-5-17/h1-5,12-13H,6-11,14-15H2. The summed E-state index contributed by atoms with van der Waals surface area (Å²) in [6.45, 7) is 0.995. The molecule has 2 aromatic rings. The molecule has 0 N–H and O–H groups in total. The monoisotopic (exact) mass is 456 g/mol. The first-order valence-electron chi connectivity index (χ1n) is 9.99. The van der Waals surface area contributed by atoms with Gasteiger partial charge < -0.3 is 9.64 Å². The molecule has 2 fully saturated rings. The fourth-order valence-electron chi connectivity index (χ4n) is 4.20. The summed E-state index contributed by atoms with van der Waals surface area (Å²) in [5.74, 6) is 0. The average Bonchev–Trinajstić information content (AvgIpc) is 3.16. The van der Waals surface area contributed by atoms with Crippen LogP contribution in [-0.2, 0) is 10.0 Å². The summed E-state index contributed by atoms with van der Waals surface area (Å²) >= 11 is 0. The molecule has 0 aliphatic carbocycles. The molecular weight excluding hydrogens is 433 g/mol. The lowest BCUT2D eigenvalue weighted by Crippen LogP contribution is -2.44. The first-order valence-corrected chi connectivity index (χ1v) is 11.4. The number of aromatic nitrogens is 2. The summed E-state index contributed by atoms with van der Waals surface area (Å²) in [4.78, 5) is 10.2. The smallest absolute Gasteiger partial charge is 0.422 e. The minimum Gasteiger partial charge on any atom is -0.454 e. The minimum absolute atomic E-state index is 0.00810. The van der Waals surface area contributed by atoms with Crippen molar-refractivity contribution in [2.24, 2.45) is 5.41 Å². The van der Waals surface area contributed by atoms with E-state index < -0.39 is 22.8 Å². The van der Waals surface area contributed by atoms with Crippen LogP contribution in [-0.4, -0.2) is 61.7 Å². The third kappa shape index (κ3) is 4.93. The van der Waals surface area contributed by atoms with E-state index in [9.17, 15) is 21.6 Å². The number of alkyl halides is 3. The highest BCUT2D eigenvalue weighted by atomic mass is 32.2. The molecule has 2 saturated heterocycles. The second-order valence-corrected chi connectivity index (χ2v) is 9.95. The van der Waals surface area contributed by atoms with Crippen molar-refractivity contribution in [1.82, 2.24) is 14.3 Å². The molecule has 0 atom stereocenters. The van der Waals surface area contributed by atoms with E-state index in [1.807, 2.05) is 0 Å². The van der Waals surface area contributed by atoms with Crippen LogP contribution < -0.4 is 9.64 Å². The van der Waals surface area contributed by atoms with E-state index in [1.165, 1.54) is 12.4 Å². The molecule has 3 heterocycles. The Morgan fingerprint density at radius 3 is 2.23 bits per heavy atom. The molecule has 0 bridgehead atoms. The second-order valence-electron chi connectivity index (χ2n) is 8.02. The fraction of sp³-hybridized carbons (Fsp3) is 0.500. The van der Waals surface area contributed by atoms with Crippen molar-refractivity contribution < 1.29 is 26.3 Å². The van der Waals surface area contributed by atoms with Gasteiger partial charge in [0.2, 0.25) is 10.0 Å². The Bertz CT molecular complexity index is 993. The molecule has 7 nitrogen and oxygen atoms in total. The number of hydrogen-bond donors (Lipinski definition) is 0. The van der Waals surface area contributed by atoms with E-state index in [2.05, 4.69) is 19.6 Å². The Hall–Kier alpha value is -2.40. The van der Waals surface area contributed by atoms with Crippen molar-refractivity contribution in [3.8, 4) is 6.01 Å². The predicted molar refractivity (Wildman–Crippen MR) is 107 cm³/mol. The maximum atomic E-state index is 12.8. The molecule has 0 radical (unpaired) electrons. The lowest BCUT2D eigenvalue weighted by Gasteiger charge is -2.38. The number of halogens is 3. The lowest BCUT2D eigenvalue weighted by molar-refractivity contribution is -0.154. The summed E-state index contributed by atoms with van der Waals surface area (Å²) in [5, 5.41) is 0. The summed E-state index contributed by atoms with van der Waals surface area (Å²) in [5.41, 5.74) is 0.726. The third-order valence-electron chi connectivity index (χ3n) is 5.95. The van der Waals surface area contributed by atoms with E-state index in [0.717, 1.165) is 38.0 Å². The lowest BCUT2D eigenvalue weighted by atomic mass is 9.78. The zero-order valence-electron chi connectivity index (χ0n) is 16.8. The van der Waals surface area contributed by atoms with Gasteiger partial charge in [0.05, 0.1) is 23.0 Å². The van der Waals surface area contributed by atoms with Crippen molar-refractivity contribution in [3.63, 3.8) is 0 Å². The quantitative estimate of drug-likeness (QED) is 0.688. The van der Waals surface area contributed by atoms with Crippen molar-refractivity contribution in [3.05, 3.63) is 42.7 Å². The summed E-state index contributed by atoms with van der Waals surface area (Å²) < 4.78 is 68.5. The first kappa shape index (κ1) is 21.8. The Morgan fingerprint density at radius 1 is 1.00 bits per heavy atom. The van der Waals surface area contributed by atoms with Gasteiger partial charge in [-0.25, -0.2) is 18.4 Å². The summed E-state index contributed by atoms with van der Waals surface area (Å²) in [6.07, 6.45) is 0.913. The molecule has 1 aromatic heterocycles. The van der Waals surface area contributed by atoms with Crippen LogP contribution in [0, 0.1) is 5.41 Å². The van der Waals surface area contributed by atoms with Crippen molar-refractivity contribution in [1.29, 1.82) is 0 Å². The highest BCUT2D eigenvalue weighted by Crippen LogP contribution is 2.42. The Kier molecular flexibility index (Phi) is 5.82. The Balaban J connectivity index is 1.35. The molecule has 168 valence electrons. The molecule has 0 unspecified atom stereocenters. The number of rotatable bonds is 5. The SMILES string of the molecule is O=S(=O)(c1ccccc1)N1CCC2(CCN(c3cnc(OCC(F)(F)F)nc3)C2)CC1. The van der Waals surface area contributed by atoms with E-state index in [1.54, 1.807) is 34.6 Å². The van der Waals surface area contributed by atoms with Crippen LogP contribution in [0.15, 0.2) is 47.6 Å². The molecule has 0 saturated carbocycles. The van der Waals surface area contributed by atoms with Crippen LogP contribution in [0.2, 0.25) is 0 Å². The topological polar surface area (TPSA) is 75.6 Å². The van der Waals surface area contributed by atoms with Gasteiger partial charge in [0, 0.05) is 26.2 Å². The molecule has 2 aliphatic heterocycles. The molecule has 1 spiro atoms. The number of sulfonamides is 1. The van der Waals surface area contributed by atoms with E-state index in [0.29, 0.717) is 18.0 Å². The minimum atomic E-state index is -4.44. The number of anilines is 1. The molecular formula is C20H23F3N4O3S. The number of hydrogen-bond acceptors (Lipinski definition) is 6. The summed E-state index contributed by atoms with van der Waals surface area (Å²) in [7, 11) is -3.49. The van der Waals surface area contributed by atoms with Crippen LogP contribution in [0.25, 0.3) is 0 Å². The highest BCUT2D eigenvalue weighted by molar-refractivity contribution is 7.89. The zero-order chi connectivity index (χ0) is 22.1. The summed E-state index contributed by atoms with van der Waals surface area (Å²) in [6, 6.07) is 8.13. The fourth-order valence-corrected chi connectivity index (χ4v) is 5.66. The van der Waals surface area contributed by atoms with Gasteiger partial charge >= 0.3 is 12.2 Å². The molecule has 31 heavy (non-hydrogen) atoms. The van der Waals surface area contributed by atoms with Gasteiger partial charge in [0.25, 0.3) is 0 Å². The molecule has 11 heteroatoms.